The lowest BCUT2D eigenvalue weighted by atomic mass is 10.0. The first-order valence-electron chi connectivity index (χ1n) is 5.43. The highest BCUT2D eigenvalue weighted by Crippen LogP contribution is 2.20. The molecule has 0 bridgehead atoms. The van der Waals surface area contributed by atoms with Gasteiger partial charge in [-0.3, -0.25) is 0 Å². The fourth-order valence-corrected chi connectivity index (χ4v) is 1.41. The minimum Gasteiger partial charge on any atom is -0.207 e. The van der Waals surface area contributed by atoms with E-state index in [2.05, 4.69) is 0 Å². The molecule has 0 unspecified atom stereocenters. The summed E-state index contributed by atoms with van der Waals surface area (Å²) in [6, 6.07) is 0. The van der Waals surface area contributed by atoms with E-state index >= 15 is 0 Å². The molecule has 0 radical (unpaired) electrons. The van der Waals surface area contributed by atoms with Gasteiger partial charge in [-0.2, -0.15) is 0 Å². The van der Waals surface area contributed by atoms with Crippen LogP contribution in [0.1, 0.15) is 20.3 Å². The van der Waals surface area contributed by atoms with Gasteiger partial charge in [-0.25, -0.2) is 4.39 Å². The first-order chi connectivity index (χ1) is 7.74. The summed E-state index contributed by atoms with van der Waals surface area (Å²) in [6.45, 7) is 3.91. The molecule has 0 fully saturated rings. The Balaban J connectivity index is 2.67. The van der Waals surface area contributed by atoms with E-state index in [-0.39, 0.29) is 5.83 Å². The Bertz CT molecular complexity index is 401. The van der Waals surface area contributed by atoms with E-state index in [1.54, 1.807) is 6.08 Å². The number of allylic oxidation sites excluding steroid dienone is 12. The fourth-order valence-electron chi connectivity index (χ4n) is 1.41. The molecule has 0 atom stereocenters. The van der Waals surface area contributed by atoms with Crippen LogP contribution >= 0.6 is 0 Å². The van der Waals surface area contributed by atoms with Gasteiger partial charge in [-0.15, -0.1) is 0 Å². The van der Waals surface area contributed by atoms with Crippen LogP contribution in [0.5, 0.6) is 0 Å². The van der Waals surface area contributed by atoms with Gasteiger partial charge in [-0.1, -0.05) is 54.2 Å². The van der Waals surface area contributed by atoms with Crippen LogP contribution in [0.3, 0.4) is 0 Å². The fraction of sp³-hybridized carbons (Fsp3) is 0.200. The molecule has 84 valence electrons. The van der Waals surface area contributed by atoms with Crippen LogP contribution in [0.4, 0.5) is 4.39 Å². The number of hydrogen-bond donors (Lipinski definition) is 0. The Morgan fingerprint density at radius 1 is 1.25 bits per heavy atom. The molecule has 16 heavy (non-hydrogen) atoms. The summed E-state index contributed by atoms with van der Waals surface area (Å²) in [5.41, 5.74) is 1.84. The smallest absolute Gasteiger partial charge is 0.126 e. The zero-order chi connectivity index (χ0) is 11.8. The second kappa shape index (κ2) is 6.78. The zero-order valence-corrected chi connectivity index (χ0v) is 9.78. The molecule has 1 aliphatic rings. The van der Waals surface area contributed by atoms with Gasteiger partial charge in [0.2, 0.25) is 0 Å². The lowest BCUT2D eigenvalue weighted by Crippen LogP contribution is -1.87. The normalized spacial score (nSPS) is 20.1. The predicted octanol–water partition coefficient (Wildman–Crippen LogP) is 4.80. The Kier molecular flexibility index (Phi) is 5.27. The molecule has 0 aromatic heterocycles. The van der Waals surface area contributed by atoms with E-state index in [0.717, 1.165) is 11.1 Å². The average molecular weight is 216 g/mol. The monoisotopic (exact) mass is 216 g/mol. The van der Waals surface area contributed by atoms with Crippen molar-refractivity contribution in [2.45, 2.75) is 20.3 Å². The molecule has 0 aromatic carbocycles. The van der Waals surface area contributed by atoms with Crippen molar-refractivity contribution < 1.29 is 4.39 Å². The SMILES string of the molecule is C/C=C/C=C\C=C/C(F)=C1\C=C(C)C=CC1. The minimum atomic E-state index is -0.158. The molecular formula is C15H17F. The van der Waals surface area contributed by atoms with Crippen molar-refractivity contribution in [2.75, 3.05) is 0 Å². The summed E-state index contributed by atoms with van der Waals surface area (Å²) in [5, 5.41) is 0. The highest BCUT2D eigenvalue weighted by Gasteiger charge is 2.02. The first kappa shape index (κ1) is 12.4. The molecule has 0 spiro atoms. The average Bonchev–Trinajstić information content (AvgIpc) is 2.28. The largest absolute Gasteiger partial charge is 0.207 e. The van der Waals surface area contributed by atoms with Gasteiger partial charge in [0.05, 0.1) is 0 Å². The van der Waals surface area contributed by atoms with Gasteiger partial charge < -0.3 is 0 Å². The first-order valence-corrected chi connectivity index (χ1v) is 5.43. The van der Waals surface area contributed by atoms with Crippen molar-refractivity contribution in [3.05, 3.63) is 71.7 Å². The van der Waals surface area contributed by atoms with E-state index in [1.165, 1.54) is 6.08 Å². The molecule has 0 nitrogen and oxygen atoms in total. The summed E-state index contributed by atoms with van der Waals surface area (Å²) in [7, 11) is 0. The van der Waals surface area contributed by atoms with Gasteiger partial charge in [0, 0.05) is 0 Å². The van der Waals surface area contributed by atoms with Gasteiger partial charge >= 0.3 is 0 Å². The summed E-state index contributed by atoms with van der Waals surface area (Å²) in [6.07, 6.45) is 17.3. The highest BCUT2D eigenvalue weighted by atomic mass is 19.1. The summed E-state index contributed by atoms with van der Waals surface area (Å²) < 4.78 is 13.6. The maximum Gasteiger partial charge on any atom is 0.126 e. The third-order valence-electron chi connectivity index (χ3n) is 2.20. The number of hydrogen-bond acceptors (Lipinski definition) is 0. The molecule has 1 heteroatoms. The Morgan fingerprint density at radius 2 is 2.00 bits per heavy atom. The van der Waals surface area contributed by atoms with Crippen LogP contribution in [-0.2, 0) is 0 Å². The van der Waals surface area contributed by atoms with Crippen LogP contribution in [0.25, 0.3) is 0 Å². The maximum absolute atomic E-state index is 13.6. The van der Waals surface area contributed by atoms with Crippen molar-refractivity contribution in [2.24, 2.45) is 0 Å². The third kappa shape index (κ3) is 4.26. The predicted molar refractivity (Wildman–Crippen MR) is 68.7 cm³/mol. The molecule has 0 amide bonds. The quantitative estimate of drug-likeness (QED) is 0.594. The molecule has 0 N–H and O–H groups in total. The molecule has 0 heterocycles. The van der Waals surface area contributed by atoms with Gasteiger partial charge in [0.1, 0.15) is 5.83 Å². The van der Waals surface area contributed by atoms with Crippen molar-refractivity contribution >= 4 is 0 Å². The minimum absolute atomic E-state index is 0.158. The van der Waals surface area contributed by atoms with Crippen LogP contribution in [0.15, 0.2) is 71.7 Å². The topological polar surface area (TPSA) is 0 Å². The van der Waals surface area contributed by atoms with E-state index in [1.807, 2.05) is 56.4 Å². The molecular weight excluding hydrogens is 199 g/mol. The lowest BCUT2D eigenvalue weighted by molar-refractivity contribution is 0.654. The molecule has 0 aliphatic heterocycles. The van der Waals surface area contributed by atoms with Crippen molar-refractivity contribution in [3.8, 4) is 0 Å². The van der Waals surface area contributed by atoms with Crippen molar-refractivity contribution in [1.82, 2.24) is 0 Å². The standard InChI is InChI=1S/C15H17F/c1-3-4-5-6-7-11-15(16)14-10-8-9-13(2)12-14/h3-9,11-12H,10H2,1-2H3/b4-3+,6-5-,11-7-,15-14+. The van der Waals surface area contributed by atoms with Gasteiger partial charge in [0.15, 0.2) is 0 Å². The second-order valence-corrected chi connectivity index (χ2v) is 3.64. The molecule has 1 aliphatic carbocycles. The van der Waals surface area contributed by atoms with Crippen LogP contribution in [0, 0.1) is 0 Å². The zero-order valence-electron chi connectivity index (χ0n) is 9.78. The molecule has 0 saturated carbocycles. The van der Waals surface area contributed by atoms with Crippen LogP contribution in [-0.4, -0.2) is 0 Å². The van der Waals surface area contributed by atoms with E-state index in [4.69, 9.17) is 0 Å². The van der Waals surface area contributed by atoms with E-state index < -0.39 is 0 Å². The van der Waals surface area contributed by atoms with Gasteiger partial charge in [0.25, 0.3) is 0 Å². The van der Waals surface area contributed by atoms with E-state index in [9.17, 15) is 4.39 Å². The summed E-state index contributed by atoms with van der Waals surface area (Å²) in [4.78, 5) is 0. The maximum atomic E-state index is 13.6. The van der Waals surface area contributed by atoms with E-state index in [0.29, 0.717) is 6.42 Å². The van der Waals surface area contributed by atoms with Gasteiger partial charge in [-0.05, 0) is 31.9 Å². The molecule has 0 aromatic rings. The molecule has 0 saturated heterocycles. The Morgan fingerprint density at radius 3 is 2.69 bits per heavy atom. The van der Waals surface area contributed by atoms with Crippen LogP contribution < -0.4 is 0 Å². The Hall–Kier alpha value is -1.63. The lowest BCUT2D eigenvalue weighted by Gasteiger charge is -2.05. The van der Waals surface area contributed by atoms with Crippen molar-refractivity contribution in [1.29, 1.82) is 0 Å². The highest BCUT2D eigenvalue weighted by molar-refractivity contribution is 5.40. The summed E-state index contributed by atoms with van der Waals surface area (Å²) >= 11 is 0. The second-order valence-electron chi connectivity index (χ2n) is 3.64. The molecule has 1 rings (SSSR count). The third-order valence-corrected chi connectivity index (χ3v) is 2.20. The van der Waals surface area contributed by atoms with Crippen molar-refractivity contribution in [3.63, 3.8) is 0 Å². The number of rotatable bonds is 3. The van der Waals surface area contributed by atoms with Crippen LogP contribution in [0.2, 0.25) is 0 Å². The number of halogens is 1. The summed E-state index contributed by atoms with van der Waals surface area (Å²) in [5.74, 6) is -0.158. The Labute approximate surface area is 96.9 Å².